The Morgan fingerprint density at radius 3 is 2.38 bits per heavy atom. The molecule has 1 aliphatic rings. The van der Waals surface area contributed by atoms with E-state index < -0.39 is 29.2 Å². The molecule has 0 spiro atoms. The predicted molar refractivity (Wildman–Crippen MR) is 104 cm³/mol. The third-order valence-electron chi connectivity index (χ3n) is 5.25. The number of carbonyl (C=O) groups excluding carboxylic acids is 1. The normalized spacial score (nSPS) is 21.2. The van der Waals surface area contributed by atoms with Gasteiger partial charge in [0, 0.05) is 12.7 Å². The van der Waals surface area contributed by atoms with E-state index in [0.717, 1.165) is 12.1 Å². The SMILES string of the molecule is COC1C(=O)N(Cc2ccc(F)c(F)c2)c2ccccc2C1(O)c1ccccc1. The Morgan fingerprint density at radius 2 is 1.69 bits per heavy atom. The molecule has 0 bridgehead atoms. The summed E-state index contributed by atoms with van der Waals surface area (Å²) in [5.74, 6) is -2.40. The second-order valence-electron chi connectivity index (χ2n) is 6.94. The lowest BCUT2D eigenvalue weighted by Crippen LogP contribution is -2.57. The Bertz CT molecular complexity index is 1060. The maximum Gasteiger partial charge on any atom is 0.260 e. The molecule has 1 N–H and O–H groups in total. The molecule has 0 fully saturated rings. The highest BCUT2D eigenvalue weighted by atomic mass is 19.2. The molecule has 0 aliphatic carbocycles. The predicted octanol–water partition coefficient (Wildman–Crippen LogP) is 3.76. The molecule has 0 radical (unpaired) electrons. The fourth-order valence-corrected chi connectivity index (χ4v) is 3.87. The summed E-state index contributed by atoms with van der Waals surface area (Å²) in [7, 11) is 1.36. The van der Waals surface area contributed by atoms with Crippen molar-refractivity contribution in [3.05, 3.63) is 101 Å². The van der Waals surface area contributed by atoms with Crippen molar-refractivity contribution in [3.63, 3.8) is 0 Å². The van der Waals surface area contributed by atoms with Gasteiger partial charge in [0.2, 0.25) is 0 Å². The van der Waals surface area contributed by atoms with Gasteiger partial charge in [0.15, 0.2) is 23.3 Å². The first-order chi connectivity index (χ1) is 14.0. The van der Waals surface area contributed by atoms with Crippen LogP contribution in [-0.2, 0) is 21.7 Å². The molecular weight excluding hydrogens is 376 g/mol. The molecule has 29 heavy (non-hydrogen) atoms. The first kappa shape index (κ1) is 19.2. The molecular formula is C23H19F2NO3. The van der Waals surface area contributed by atoms with Gasteiger partial charge in [0.05, 0.1) is 12.2 Å². The van der Waals surface area contributed by atoms with Gasteiger partial charge >= 0.3 is 0 Å². The molecule has 1 aliphatic heterocycles. The zero-order valence-electron chi connectivity index (χ0n) is 15.7. The topological polar surface area (TPSA) is 49.8 Å². The summed E-state index contributed by atoms with van der Waals surface area (Å²) in [6.45, 7) is 0.0117. The summed E-state index contributed by atoms with van der Waals surface area (Å²) in [6.07, 6.45) is -1.20. The standard InChI is InChI=1S/C23H19F2NO3/c1-29-21-22(27)26(14-15-11-12-18(24)19(25)13-15)20-10-6-5-9-17(20)23(21,28)16-7-3-2-4-8-16/h2-13,21,28H,14H2,1H3. The van der Waals surface area contributed by atoms with Gasteiger partial charge in [0.25, 0.3) is 5.91 Å². The molecule has 4 rings (SSSR count). The van der Waals surface area contributed by atoms with Gasteiger partial charge < -0.3 is 14.7 Å². The van der Waals surface area contributed by atoms with Gasteiger partial charge in [-0.3, -0.25) is 4.79 Å². The molecule has 3 aromatic rings. The number of anilines is 1. The van der Waals surface area contributed by atoms with Gasteiger partial charge in [-0.25, -0.2) is 8.78 Å². The lowest BCUT2D eigenvalue weighted by Gasteiger charge is -2.44. The van der Waals surface area contributed by atoms with Gasteiger partial charge in [-0.1, -0.05) is 54.6 Å². The molecule has 3 aromatic carbocycles. The summed E-state index contributed by atoms with van der Waals surface area (Å²) in [5, 5.41) is 11.7. The number of methoxy groups -OCH3 is 1. The quantitative estimate of drug-likeness (QED) is 0.732. The Hall–Kier alpha value is -3.09. The summed E-state index contributed by atoms with van der Waals surface area (Å²) in [4.78, 5) is 14.8. The Kier molecular flexibility index (Phi) is 4.90. The third kappa shape index (κ3) is 3.10. The second-order valence-corrected chi connectivity index (χ2v) is 6.94. The van der Waals surface area contributed by atoms with Crippen LogP contribution >= 0.6 is 0 Å². The maximum atomic E-state index is 13.7. The number of rotatable bonds is 4. The van der Waals surface area contributed by atoms with Crippen LogP contribution in [0.3, 0.4) is 0 Å². The molecule has 0 saturated heterocycles. The smallest absolute Gasteiger partial charge is 0.260 e. The van der Waals surface area contributed by atoms with E-state index in [2.05, 4.69) is 0 Å². The largest absolute Gasteiger partial charge is 0.377 e. The van der Waals surface area contributed by atoms with E-state index in [1.807, 2.05) is 6.07 Å². The van der Waals surface area contributed by atoms with Crippen LogP contribution in [-0.4, -0.2) is 24.2 Å². The molecule has 148 valence electrons. The van der Waals surface area contributed by atoms with E-state index in [0.29, 0.717) is 22.4 Å². The molecule has 1 heterocycles. The monoisotopic (exact) mass is 395 g/mol. The zero-order chi connectivity index (χ0) is 20.6. The fraction of sp³-hybridized carbons (Fsp3) is 0.174. The van der Waals surface area contributed by atoms with Crippen molar-refractivity contribution >= 4 is 11.6 Å². The Labute approximate surface area is 167 Å². The number of hydrogen-bond acceptors (Lipinski definition) is 3. The summed E-state index contributed by atoms with van der Waals surface area (Å²) in [5.41, 5.74) is 0.253. The van der Waals surface area contributed by atoms with E-state index in [1.54, 1.807) is 48.5 Å². The number of aliphatic hydroxyl groups is 1. The van der Waals surface area contributed by atoms with Gasteiger partial charge in [0.1, 0.15) is 0 Å². The average molecular weight is 395 g/mol. The Balaban J connectivity index is 1.85. The van der Waals surface area contributed by atoms with Crippen LogP contribution in [0, 0.1) is 11.6 Å². The van der Waals surface area contributed by atoms with Gasteiger partial charge in [-0.05, 0) is 29.3 Å². The summed E-state index contributed by atoms with van der Waals surface area (Å²) < 4.78 is 32.4. The van der Waals surface area contributed by atoms with Crippen LogP contribution in [0.2, 0.25) is 0 Å². The molecule has 0 saturated carbocycles. The van der Waals surface area contributed by atoms with Crippen LogP contribution in [0.15, 0.2) is 72.8 Å². The minimum Gasteiger partial charge on any atom is -0.377 e. The number of fused-ring (bicyclic) bond motifs is 1. The van der Waals surface area contributed by atoms with Gasteiger partial charge in [-0.2, -0.15) is 0 Å². The lowest BCUT2D eigenvalue weighted by molar-refractivity contribution is -0.145. The minimum atomic E-state index is -1.69. The van der Waals surface area contributed by atoms with Crippen LogP contribution in [0.4, 0.5) is 14.5 Å². The summed E-state index contributed by atoms with van der Waals surface area (Å²) >= 11 is 0. The fourth-order valence-electron chi connectivity index (χ4n) is 3.87. The van der Waals surface area contributed by atoms with Crippen LogP contribution in [0.25, 0.3) is 0 Å². The molecule has 2 unspecified atom stereocenters. The van der Waals surface area contributed by atoms with Crippen molar-refractivity contribution < 1.29 is 23.4 Å². The average Bonchev–Trinajstić information content (AvgIpc) is 2.74. The van der Waals surface area contributed by atoms with Crippen LogP contribution < -0.4 is 4.90 Å². The molecule has 2 atom stereocenters. The van der Waals surface area contributed by atoms with Crippen molar-refractivity contribution in [2.24, 2.45) is 0 Å². The van der Waals surface area contributed by atoms with E-state index in [1.165, 1.54) is 18.1 Å². The van der Waals surface area contributed by atoms with Crippen molar-refractivity contribution in [2.45, 2.75) is 18.2 Å². The Morgan fingerprint density at radius 1 is 1.00 bits per heavy atom. The van der Waals surface area contributed by atoms with Crippen molar-refractivity contribution in [2.75, 3.05) is 12.0 Å². The zero-order valence-corrected chi connectivity index (χ0v) is 15.7. The van der Waals surface area contributed by atoms with E-state index in [-0.39, 0.29) is 6.54 Å². The molecule has 4 nitrogen and oxygen atoms in total. The lowest BCUT2D eigenvalue weighted by atomic mass is 9.77. The first-order valence-corrected chi connectivity index (χ1v) is 9.12. The van der Waals surface area contributed by atoms with E-state index >= 15 is 0 Å². The maximum absolute atomic E-state index is 13.7. The number of benzene rings is 3. The van der Waals surface area contributed by atoms with Crippen molar-refractivity contribution in [1.29, 1.82) is 0 Å². The number of amides is 1. The molecule has 0 aromatic heterocycles. The molecule has 6 heteroatoms. The van der Waals surface area contributed by atoms with Gasteiger partial charge in [-0.15, -0.1) is 0 Å². The van der Waals surface area contributed by atoms with E-state index in [9.17, 15) is 18.7 Å². The number of halogens is 2. The van der Waals surface area contributed by atoms with Crippen LogP contribution in [0.1, 0.15) is 16.7 Å². The van der Waals surface area contributed by atoms with Crippen molar-refractivity contribution in [1.82, 2.24) is 0 Å². The number of carbonyl (C=O) groups is 1. The highest BCUT2D eigenvalue weighted by Gasteiger charge is 2.52. The number of hydrogen-bond donors (Lipinski definition) is 1. The molecule has 1 amide bonds. The number of para-hydroxylation sites is 1. The third-order valence-corrected chi connectivity index (χ3v) is 5.25. The van der Waals surface area contributed by atoms with E-state index in [4.69, 9.17) is 4.74 Å². The second kappa shape index (κ2) is 7.39. The van der Waals surface area contributed by atoms with Crippen molar-refractivity contribution in [3.8, 4) is 0 Å². The highest BCUT2D eigenvalue weighted by molar-refractivity contribution is 6.01. The first-order valence-electron chi connectivity index (χ1n) is 9.12. The number of ether oxygens (including phenoxy) is 1. The summed E-state index contributed by atoms with van der Waals surface area (Å²) in [6, 6.07) is 19.3. The highest BCUT2D eigenvalue weighted by Crippen LogP contribution is 2.44. The van der Waals surface area contributed by atoms with Crippen LogP contribution in [0.5, 0.6) is 0 Å². The minimum absolute atomic E-state index is 0.0117. The number of nitrogens with zero attached hydrogens (tertiary/aromatic N) is 1.